The van der Waals surface area contributed by atoms with E-state index >= 15 is 0 Å². The van der Waals surface area contributed by atoms with Crippen molar-refractivity contribution in [2.45, 2.75) is 11.8 Å². The molecule has 5 nitrogen and oxygen atoms in total. The molecule has 0 atom stereocenters. The van der Waals surface area contributed by atoms with Crippen LogP contribution in [-0.4, -0.2) is 41.8 Å². The maximum Gasteiger partial charge on any atom is 0.242 e. The van der Waals surface area contributed by atoms with Gasteiger partial charge >= 0.3 is 0 Å². The molecule has 0 saturated heterocycles. The summed E-state index contributed by atoms with van der Waals surface area (Å²) in [6.07, 6.45) is 0. The molecule has 1 aromatic carbocycles. The van der Waals surface area contributed by atoms with E-state index in [0.717, 1.165) is 5.56 Å². The SMILES string of the molecule is COCCNCCNS(=O)(=O)c1cc(C)ccc1Cl.Cl. The summed E-state index contributed by atoms with van der Waals surface area (Å²) < 4.78 is 31.5. The Morgan fingerprint density at radius 3 is 2.60 bits per heavy atom. The van der Waals surface area contributed by atoms with Crippen molar-refractivity contribution in [3.8, 4) is 0 Å². The minimum absolute atomic E-state index is 0. The van der Waals surface area contributed by atoms with Crippen LogP contribution < -0.4 is 10.0 Å². The Morgan fingerprint density at radius 1 is 1.25 bits per heavy atom. The Bertz CT molecular complexity index is 509. The van der Waals surface area contributed by atoms with Gasteiger partial charge < -0.3 is 10.1 Å². The number of methoxy groups -OCH3 is 1. The van der Waals surface area contributed by atoms with Crippen molar-refractivity contribution in [2.24, 2.45) is 0 Å². The van der Waals surface area contributed by atoms with Gasteiger partial charge in [0.15, 0.2) is 0 Å². The molecule has 8 heteroatoms. The van der Waals surface area contributed by atoms with E-state index in [9.17, 15) is 8.42 Å². The van der Waals surface area contributed by atoms with Gasteiger partial charge in [-0.1, -0.05) is 17.7 Å². The third-order valence-corrected chi connectivity index (χ3v) is 4.40. The second kappa shape index (κ2) is 9.55. The Balaban J connectivity index is 0.00000361. The first-order valence-electron chi connectivity index (χ1n) is 5.93. The number of hydrogen-bond donors (Lipinski definition) is 2. The number of hydrogen-bond acceptors (Lipinski definition) is 4. The lowest BCUT2D eigenvalue weighted by Gasteiger charge is -2.09. The summed E-state index contributed by atoms with van der Waals surface area (Å²) in [6.45, 7) is 3.93. The zero-order valence-corrected chi connectivity index (χ0v) is 13.9. The molecule has 0 saturated carbocycles. The highest BCUT2D eigenvalue weighted by Gasteiger charge is 2.17. The minimum Gasteiger partial charge on any atom is -0.383 e. The fraction of sp³-hybridized carbons (Fsp3) is 0.500. The molecular formula is C12H20Cl2N2O3S. The Labute approximate surface area is 131 Å². The molecule has 0 spiro atoms. The summed E-state index contributed by atoms with van der Waals surface area (Å²) in [7, 11) is -1.94. The van der Waals surface area contributed by atoms with Crippen LogP contribution in [0.4, 0.5) is 0 Å². The Kier molecular flexibility index (Phi) is 9.37. The van der Waals surface area contributed by atoms with E-state index < -0.39 is 10.0 Å². The van der Waals surface area contributed by atoms with Crippen LogP contribution in [0.25, 0.3) is 0 Å². The van der Waals surface area contributed by atoms with Gasteiger partial charge in [0, 0.05) is 26.7 Å². The number of rotatable bonds is 8. The molecule has 0 aromatic heterocycles. The lowest BCUT2D eigenvalue weighted by molar-refractivity contribution is 0.199. The fourth-order valence-corrected chi connectivity index (χ4v) is 3.08. The average molecular weight is 343 g/mol. The van der Waals surface area contributed by atoms with E-state index in [2.05, 4.69) is 10.0 Å². The highest BCUT2D eigenvalue weighted by atomic mass is 35.5. The van der Waals surface area contributed by atoms with Crippen molar-refractivity contribution in [1.82, 2.24) is 10.0 Å². The van der Waals surface area contributed by atoms with Gasteiger partial charge in [0.2, 0.25) is 10.0 Å². The number of sulfonamides is 1. The van der Waals surface area contributed by atoms with E-state index in [4.69, 9.17) is 16.3 Å². The predicted molar refractivity (Wildman–Crippen MR) is 83.4 cm³/mol. The van der Waals surface area contributed by atoms with Gasteiger partial charge in [-0.3, -0.25) is 0 Å². The molecule has 0 aliphatic heterocycles. The molecule has 0 unspecified atom stereocenters. The Morgan fingerprint density at radius 2 is 1.95 bits per heavy atom. The number of benzene rings is 1. The lowest BCUT2D eigenvalue weighted by atomic mass is 10.2. The van der Waals surface area contributed by atoms with E-state index in [1.165, 1.54) is 0 Å². The van der Waals surface area contributed by atoms with Gasteiger partial charge in [0.1, 0.15) is 4.90 Å². The van der Waals surface area contributed by atoms with Crippen LogP contribution in [0, 0.1) is 6.92 Å². The fourth-order valence-electron chi connectivity index (χ4n) is 1.47. The van der Waals surface area contributed by atoms with Crippen molar-refractivity contribution in [1.29, 1.82) is 0 Å². The lowest BCUT2D eigenvalue weighted by Crippen LogP contribution is -2.33. The van der Waals surface area contributed by atoms with Gasteiger partial charge in [-0.25, -0.2) is 13.1 Å². The van der Waals surface area contributed by atoms with E-state index in [-0.39, 0.29) is 22.3 Å². The second-order valence-corrected chi connectivity index (χ2v) is 6.22. The van der Waals surface area contributed by atoms with E-state index in [1.54, 1.807) is 25.3 Å². The van der Waals surface area contributed by atoms with Crippen LogP contribution in [0.1, 0.15) is 5.56 Å². The maximum atomic E-state index is 12.0. The van der Waals surface area contributed by atoms with Crippen molar-refractivity contribution in [2.75, 3.05) is 33.4 Å². The van der Waals surface area contributed by atoms with Crippen LogP contribution in [-0.2, 0) is 14.8 Å². The van der Waals surface area contributed by atoms with Crippen molar-refractivity contribution in [3.05, 3.63) is 28.8 Å². The Hall–Kier alpha value is -0.370. The normalized spacial score (nSPS) is 11.2. The quantitative estimate of drug-likeness (QED) is 0.704. The van der Waals surface area contributed by atoms with Gasteiger partial charge in [0.25, 0.3) is 0 Å². The van der Waals surface area contributed by atoms with Gasteiger partial charge in [-0.2, -0.15) is 0 Å². The molecule has 20 heavy (non-hydrogen) atoms. The van der Waals surface area contributed by atoms with Crippen LogP contribution >= 0.6 is 24.0 Å². The zero-order chi connectivity index (χ0) is 14.3. The molecule has 1 aromatic rings. The molecule has 0 fully saturated rings. The summed E-state index contributed by atoms with van der Waals surface area (Å²) in [5.74, 6) is 0. The number of nitrogens with one attached hydrogen (secondary N) is 2. The van der Waals surface area contributed by atoms with Crippen LogP contribution in [0.15, 0.2) is 23.1 Å². The molecule has 116 valence electrons. The highest BCUT2D eigenvalue weighted by molar-refractivity contribution is 7.89. The highest BCUT2D eigenvalue weighted by Crippen LogP contribution is 2.21. The van der Waals surface area contributed by atoms with Gasteiger partial charge in [0.05, 0.1) is 11.6 Å². The number of aryl methyl sites for hydroxylation is 1. The average Bonchev–Trinajstić information content (AvgIpc) is 2.36. The number of ether oxygens (including phenoxy) is 1. The molecular weight excluding hydrogens is 323 g/mol. The summed E-state index contributed by atoms with van der Waals surface area (Å²) in [4.78, 5) is 0.117. The second-order valence-electron chi connectivity index (χ2n) is 4.07. The maximum absolute atomic E-state index is 12.0. The largest absolute Gasteiger partial charge is 0.383 e. The molecule has 0 aliphatic rings. The predicted octanol–water partition coefficient (Wildman–Crippen LogP) is 1.58. The van der Waals surface area contributed by atoms with Crippen molar-refractivity contribution in [3.63, 3.8) is 0 Å². The van der Waals surface area contributed by atoms with Crippen LogP contribution in [0.3, 0.4) is 0 Å². The summed E-state index contributed by atoms with van der Waals surface area (Å²) in [5, 5.41) is 3.28. The topological polar surface area (TPSA) is 67.4 Å². The van der Waals surface area contributed by atoms with E-state index in [0.29, 0.717) is 26.2 Å². The number of halogens is 2. The standard InChI is InChI=1S/C12H19ClN2O3S.ClH/c1-10-3-4-11(13)12(9-10)19(16,17)15-6-5-14-7-8-18-2;/h3-4,9,14-15H,5-8H2,1-2H3;1H. The molecule has 2 N–H and O–H groups in total. The third-order valence-electron chi connectivity index (χ3n) is 2.45. The molecule has 0 heterocycles. The smallest absolute Gasteiger partial charge is 0.242 e. The van der Waals surface area contributed by atoms with Crippen molar-refractivity contribution < 1.29 is 13.2 Å². The first-order valence-corrected chi connectivity index (χ1v) is 7.79. The summed E-state index contributed by atoms with van der Waals surface area (Å²) in [6, 6.07) is 4.92. The molecule has 0 aliphatic carbocycles. The van der Waals surface area contributed by atoms with E-state index in [1.807, 2.05) is 6.92 Å². The van der Waals surface area contributed by atoms with Crippen LogP contribution in [0.5, 0.6) is 0 Å². The third kappa shape index (κ3) is 6.39. The van der Waals surface area contributed by atoms with Gasteiger partial charge in [-0.05, 0) is 24.6 Å². The zero-order valence-electron chi connectivity index (χ0n) is 11.5. The molecule has 0 bridgehead atoms. The molecule has 1 rings (SSSR count). The first-order chi connectivity index (χ1) is 8.97. The van der Waals surface area contributed by atoms with Crippen LogP contribution in [0.2, 0.25) is 5.02 Å². The van der Waals surface area contributed by atoms with Crippen molar-refractivity contribution >= 4 is 34.0 Å². The minimum atomic E-state index is -3.56. The summed E-state index contributed by atoms with van der Waals surface area (Å²) >= 11 is 5.91. The molecule has 0 amide bonds. The monoisotopic (exact) mass is 342 g/mol. The molecule has 0 radical (unpaired) electrons. The first kappa shape index (κ1) is 19.6. The summed E-state index contributed by atoms with van der Waals surface area (Å²) in [5.41, 5.74) is 0.850. The van der Waals surface area contributed by atoms with Gasteiger partial charge in [-0.15, -0.1) is 12.4 Å².